The van der Waals surface area contributed by atoms with Crippen molar-refractivity contribution in [2.24, 2.45) is 5.92 Å². The summed E-state index contributed by atoms with van der Waals surface area (Å²) >= 11 is 1.76. The molecular weight excluding hydrogens is 388 g/mol. The molecule has 1 aliphatic heterocycles. The van der Waals surface area contributed by atoms with E-state index in [1.165, 1.54) is 29.7 Å². The van der Waals surface area contributed by atoms with Crippen LogP contribution in [0.3, 0.4) is 0 Å². The minimum atomic E-state index is 0.737. The van der Waals surface area contributed by atoms with Crippen LogP contribution in [0.2, 0.25) is 0 Å². The Bertz CT molecular complexity index is 1090. The third-order valence-corrected chi connectivity index (χ3v) is 6.74. The van der Waals surface area contributed by atoms with Crippen molar-refractivity contribution >= 4 is 34.0 Å². The first kappa shape index (κ1) is 19.1. The Labute approximate surface area is 181 Å². The number of piperidine rings is 1. The van der Waals surface area contributed by atoms with Crippen LogP contribution in [0, 0.1) is 5.92 Å². The lowest BCUT2D eigenvalue weighted by Crippen LogP contribution is -2.35. The van der Waals surface area contributed by atoms with Crippen molar-refractivity contribution in [1.29, 1.82) is 0 Å². The first-order valence-corrected chi connectivity index (χ1v) is 11.5. The van der Waals surface area contributed by atoms with E-state index in [4.69, 9.17) is 9.97 Å². The topological polar surface area (TPSA) is 41.1 Å². The van der Waals surface area contributed by atoms with E-state index >= 15 is 0 Å². The van der Waals surface area contributed by atoms with Gasteiger partial charge in [0.05, 0.1) is 12.1 Å². The van der Waals surface area contributed by atoms with Crippen molar-refractivity contribution in [1.82, 2.24) is 9.97 Å². The molecular formula is C25H26N4S. The number of nitrogens with zero attached hydrogens (tertiary/aromatic N) is 3. The maximum Gasteiger partial charge on any atom is 0.227 e. The fourth-order valence-electron chi connectivity index (χ4n) is 4.21. The number of benzene rings is 2. The number of aromatic nitrogens is 2. The van der Waals surface area contributed by atoms with Gasteiger partial charge in [0, 0.05) is 23.4 Å². The van der Waals surface area contributed by atoms with Gasteiger partial charge in [-0.3, -0.25) is 0 Å². The second-order valence-corrected chi connectivity index (χ2v) is 8.97. The van der Waals surface area contributed by atoms with E-state index in [1.807, 2.05) is 6.07 Å². The van der Waals surface area contributed by atoms with Crippen molar-refractivity contribution in [3.63, 3.8) is 0 Å². The molecule has 4 nitrogen and oxygen atoms in total. The molecule has 4 aromatic rings. The van der Waals surface area contributed by atoms with Gasteiger partial charge >= 0.3 is 0 Å². The van der Waals surface area contributed by atoms with E-state index in [0.717, 1.165) is 48.2 Å². The van der Waals surface area contributed by atoms with Gasteiger partial charge in [-0.2, -0.15) is 4.98 Å². The number of nitrogens with one attached hydrogen (secondary N) is 1. The van der Waals surface area contributed by atoms with Crippen LogP contribution < -0.4 is 10.2 Å². The Morgan fingerprint density at radius 2 is 1.70 bits per heavy atom. The lowest BCUT2D eigenvalue weighted by atomic mass is 9.90. The highest BCUT2D eigenvalue weighted by atomic mass is 32.1. The molecule has 1 saturated heterocycles. The van der Waals surface area contributed by atoms with Crippen LogP contribution in [0.25, 0.3) is 10.9 Å². The van der Waals surface area contributed by atoms with Crippen LogP contribution >= 0.6 is 11.3 Å². The van der Waals surface area contributed by atoms with Crippen molar-refractivity contribution in [3.8, 4) is 0 Å². The van der Waals surface area contributed by atoms with Gasteiger partial charge in [0.15, 0.2) is 0 Å². The fourth-order valence-corrected chi connectivity index (χ4v) is 4.85. The summed E-state index contributed by atoms with van der Waals surface area (Å²) in [6.07, 6.45) is 3.53. The Morgan fingerprint density at radius 3 is 2.50 bits per heavy atom. The van der Waals surface area contributed by atoms with Crippen molar-refractivity contribution < 1.29 is 0 Å². The average molecular weight is 415 g/mol. The highest BCUT2D eigenvalue weighted by Crippen LogP contribution is 2.28. The molecule has 0 unspecified atom stereocenters. The number of thiophene rings is 1. The summed E-state index contributed by atoms with van der Waals surface area (Å²) < 4.78 is 0. The summed E-state index contributed by atoms with van der Waals surface area (Å²) in [4.78, 5) is 13.5. The number of hydrogen-bond acceptors (Lipinski definition) is 5. The maximum atomic E-state index is 4.94. The predicted molar refractivity (Wildman–Crippen MR) is 126 cm³/mol. The maximum absolute atomic E-state index is 4.94. The summed E-state index contributed by atoms with van der Waals surface area (Å²) in [5, 5.41) is 6.74. The molecule has 2 aromatic carbocycles. The molecule has 0 radical (unpaired) electrons. The van der Waals surface area contributed by atoms with Gasteiger partial charge in [-0.25, -0.2) is 4.98 Å². The minimum Gasteiger partial charge on any atom is -0.364 e. The Kier molecular flexibility index (Phi) is 5.62. The van der Waals surface area contributed by atoms with Crippen LogP contribution in [0.4, 0.5) is 11.8 Å². The molecule has 3 heterocycles. The SMILES string of the molecule is c1ccc(CC2CCN(c3nc(NCc4cccs4)c4ccccc4n3)CC2)cc1. The number of anilines is 2. The molecule has 2 aromatic heterocycles. The third kappa shape index (κ3) is 4.31. The van der Waals surface area contributed by atoms with E-state index in [0.29, 0.717) is 0 Å². The highest BCUT2D eigenvalue weighted by Gasteiger charge is 2.22. The molecule has 0 saturated carbocycles. The first-order valence-electron chi connectivity index (χ1n) is 10.7. The Hall–Kier alpha value is -2.92. The Morgan fingerprint density at radius 1 is 0.900 bits per heavy atom. The van der Waals surface area contributed by atoms with E-state index in [-0.39, 0.29) is 0 Å². The Balaban J connectivity index is 1.32. The molecule has 5 rings (SSSR count). The molecule has 0 atom stereocenters. The van der Waals surface area contributed by atoms with Gasteiger partial charge < -0.3 is 10.2 Å². The summed E-state index contributed by atoms with van der Waals surface area (Å²) in [6, 6.07) is 23.4. The van der Waals surface area contributed by atoms with E-state index in [2.05, 4.69) is 76.3 Å². The summed E-state index contributed by atoms with van der Waals surface area (Å²) in [7, 11) is 0. The normalized spacial score (nSPS) is 14.9. The van der Waals surface area contributed by atoms with Gasteiger partial charge in [0.1, 0.15) is 5.82 Å². The summed E-state index contributed by atoms with van der Waals surface area (Å²) in [6.45, 7) is 2.82. The van der Waals surface area contributed by atoms with Crippen LogP contribution in [0.5, 0.6) is 0 Å². The van der Waals surface area contributed by atoms with Crippen LogP contribution in [0.1, 0.15) is 23.3 Å². The molecule has 0 amide bonds. The van der Waals surface area contributed by atoms with Gasteiger partial charge in [-0.1, -0.05) is 48.5 Å². The second-order valence-electron chi connectivity index (χ2n) is 7.94. The monoisotopic (exact) mass is 414 g/mol. The zero-order valence-electron chi connectivity index (χ0n) is 17.0. The lowest BCUT2D eigenvalue weighted by molar-refractivity contribution is 0.401. The van der Waals surface area contributed by atoms with Crippen LogP contribution in [0.15, 0.2) is 72.1 Å². The second kappa shape index (κ2) is 8.84. The van der Waals surface area contributed by atoms with Gasteiger partial charge in [-0.05, 0) is 54.3 Å². The van der Waals surface area contributed by atoms with Crippen LogP contribution in [-0.2, 0) is 13.0 Å². The van der Waals surface area contributed by atoms with Gasteiger partial charge in [0.25, 0.3) is 0 Å². The quantitative estimate of drug-likeness (QED) is 0.435. The predicted octanol–water partition coefficient (Wildman–Crippen LogP) is 5.76. The van der Waals surface area contributed by atoms with Gasteiger partial charge in [0.2, 0.25) is 5.95 Å². The molecule has 30 heavy (non-hydrogen) atoms. The van der Waals surface area contributed by atoms with Crippen molar-refractivity contribution in [2.75, 3.05) is 23.3 Å². The first-order chi connectivity index (χ1) is 14.8. The zero-order chi connectivity index (χ0) is 20.2. The van der Waals surface area contributed by atoms with Crippen molar-refractivity contribution in [2.45, 2.75) is 25.8 Å². The molecule has 0 bridgehead atoms. The number of fused-ring (bicyclic) bond motifs is 1. The summed E-state index contributed by atoms with van der Waals surface area (Å²) in [5.74, 6) is 2.51. The van der Waals surface area contributed by atoms with Crippen molar-refractivity contribution in [3.05, 3.63) is 82.6 Å². The lowest BCUT2D eigenvalue weighted by Gasteiger charge is -2.32. The van der Waals surface area contributed by atoms with E-state index < -0.39 is 0 Å². The van der Waals surface area contributed by atoms with Crippen LogP contribution in [-0.4, -0.2) is 23.1 Å². The number of rotatable bonds is 6. The van der Waals surface area contributed by atoms with Gasteiger partial charge in [-0.15, -0.1) is 11.3 Å². The number of para-hydroxylation sites is 1. The smallest absolute Gasteiger partial charge is 0.227 e. The van der Waals surface area contributed by atoms with E-state index in [9.17, 15) is 0 Å². The molecule has 0 aliphatic carbocycles. The molecule has 152 valence electrons. The minimum absolute atomic E-state index is 0.737. The summed E-state index contributed by atoms with van der Waals surface area (Å²) in [5.41, 5.74) is 2.44. The molecule has 1 N–H and O–H groups in total. The zero-order valence-corrected chi connectivity index (χ0v) is 17.8. The molecule has 0 spiro atoms. The molecule has 1 aliphatic rings. The standard InChI is InChI=1S/C25H26N4S/c1-2-7-19(8-3-1)17-20-12-14-29(15-13-20)25-27-23-11-5-4-10-22(23)24(28-25)26-18-21-9-6-16-30-21/h1-11,16,20H,12-15,17-18H2,(H,26,27,28). The third-order valence-electron chi connectivity index (χ3n) is 5.87. The molecule has 1 fully saturated rings. The van der Waals surface area contributed by atoms with E-state index in [1.54, 1.807) is 11.3 Å². The highest BCUT2D eigenvalue weighted by molar-refractivity contribution is 7.09. The fraction of sp³-hybridized carbons (Fsp3) is 0.280. The average Bonchev–Trinajstić information content (AvgIpc) is 3.32. The largest absolute Gasteiger partial charge is 0.364 e. The molecule has 5 heteroatoms. The number of hydrogen-bond donors (Lipinski definition) is 1.